The van der Waals surface area contributed by atoms with Crippen molar-refractivity contribution in [2.45, 2.75) is 40.5 Å². The van der Waals surface area contributed by atoms with Crippen molar-refractivity contribution in [3.63, 3.8) is 0 Å². The van der Waals surface area contributed by atoms with Crippen molar-refractivity contribution in [1.82, 2.24) is 0 Å². The minimum Gasteiger partial charge on any atom is -0.0887 e. The third-order valence-electron chi connectivity index (χ3n) is 1.86. The van der Waals surface area contributed by atoms with Crippen LogP contribution in [0.2, 0.25) is 0 Å². The molecule has 0 N–H and O–H groups in total. The summed E-state index contributed by atoms with van der Waals surface area (Å²) in [5, 5.41) is 0. The lowest BCUT2D eigenvalue weighted by molar-refractivity contribution is 0.557. The van der Waals surface area contributed by atoms with Crippen LogP contribution in [0.3, 0.4) is 0 Å². The summed E-state index contributed by atoms with van der Waals surface area (Å²) >= 11 is 0. The maximum absolute atomic E-state index is 2.30. The van der Waals surface area contributed by atoms with E-state index in [1.54, 1.807) is 0 Å². The highest BCUT2D eigenvalue weighted by atomic mass is 14.0. The fraction of sp³-hybridized carbons (Fsp3) is 0.778. The Hall–Kier alpha value is -0.260. The van der Waals surface area contributed by atoms with Gasteiger partial charge in [0, 0.05) is 0 Å². The Morgan fingerprint density at radius 2 is 2.11 bits per heavy atom. The molecule has 0 aliphatic carbocycles. The van der Waals surface area contributed by atoms with E-state index in [0.717, 1.165) is 5.92 Å². The normalized spacial score (nSPS) is 15.8. The van der Waals surface area contributed by atoms with Gasteiger partial charge in [0.05, 0.1) is 0 Å². The van der Waals surface area contributed by atoms with E-state index >= 15 is 0 Å². The predicted molar refractivity (Wildman–Crippen MR) is 43.5 cm³/mol. The van der Waals surface area contributed by atoms with Crippen LogP contribution in [0.1, 0.15) is 40.5 Å². The molecule has 0 fully saturated rings. The summed E-state index contributed by atoms with van der Waals surface area (Å²) in [6.45, 7) is 8.85. The van der Waals surface area contributed by atoms with Gasteiger partial charge in [-0.25, -0.2) is 0 Å². The summed E-state index contributed by atoms with van der Waals surface area (Å²) in [4.78, 5) is 0. The first-order valence-electron chi connectivity index (χ1n) is 3.82. The molecule has 0 aliphatic rings. The lowest BCUT2D eigenvalue weighted by Crippen LogP contribution is -1.91. The lowest BCUT2D eigenvalue weighted by Gasteiger charge is -2.06. The second kappa shape index (κ2) is 4.60. The molecule has 1 atom stereocenters. The fourth-order valence-corrected chi connectivity index (χ4v) is 0.812. The van der Waals surface area contributed by atoms with Crippen LogP contribution in [-0.4, -0.2) is 0 Å². The number of hydrogen-bond donors (Lipinski definition) is 0. The first-order valence-corrected chi connectivity index (χ1v) is 3.82. The monoisotopic (exact) mass is 126 g/mol. The molecule has 0 amide bonds. The summed E-state index contributed by atoms with van der Waals surface area (Å²) in [6, 6.07) is 0. The fourth-order valence-electron chi connectivity index (χ4n) is 0.812. The molecule has 0 heteroatoms. The molecule has 1 unspecified atom stereocenters. The first kappa shape index (κ1) is 8.74. The zero-order valence-electron chi connectivity index (χ0n) is 7.07. The van der Waals surface area contributed by atoms with Crippen molar-refractivity contribution in [2.24, 2.45) is 5.92 Å². The molecule has 0 heterocycles. The zero-order valence-corrected chi connectivity index (χ0v) is 7.07. The smallest absolute Gasteiger partial charge is 0.0297 e. The quantitative estimate of drug-likeness (QED) is 0.508. The Bertz CT molecular complexity index is 90.2. The molecule has 0 aromatic heterocycles. The van der Waals surface area contributed by atoms with E-state index in [1.165, 1.54) is 18.4 Å². The van der Waals surface area contributed by atoms with E-state index in [1.807, 2.05) is 0 Å². The van der Waals surface area contributed by atoms with Crippen molar-refractivity contribution in [1.29, 1.82) is 0 Å². The third-order valence-corrected chi connectivity index (χ3v) is 1.86. The Morgan fingerprint density at radius 1 is 1.56 bits per heavy atom. The molecule has 0 saturated heterocycles. The van der Waals surface area contributed by atoms with Crippen molar-refractivity contribution < 1.29 is 0 Å². The predicted octanol–water partition coefficient (Wildman–Crippen LogP) is 3.39. The summed E-state index contributed by atoms with van der Waals surface area (Å²) in [5.41, 5.74) is 1.52. The van der Waals surface area contributed by atoms with Gasteiger partial charge in [-0.15, -0.1) is 0 Å². The van der Waals surface area contributed by atoms with Crippen molar-refractivity contribution in [3.8, 4) is 0 Å². The van der Waals surface area contributed by atoms with E-state index in [2.05, 4.69) is 33.8 Å². The van der Waals surface area contributed by atoms with Crippen LogP contribution < -0.4 is 0 Å². The van der Waals surface area contributed by atoms with Crippen LogP contribution in [0.4, 0.5) is 0 Å². The summed E-state index contributed by atoms with van der Waals surface area (Å²) in [6.07, 6.45) is 4.77. The Labute approximate surface area is 59.0 Å². The average Bonchev–Trinajstić information content (AvgIpc) is 1.87. The number of allylic oxidation sites excluding steroid dienone is 2. The minimum absolute atomic E-state index is 0.862. The highest BCUT2D eigenvalue weighted by molar-refractivity contribution is 4.96. The van der Waals surface area contributed by atoms with E-state index in [9.17, 15) is 0 Å². The molecule has 0 bridgehead atoms. The van der Waals surface area contributed by atoms with Gasteiger partial charge < -0.3 is 0 Å². The third kappa shape index (κ3) is 4.26. The Balaban J connectivity index is 3.47. The van der Waals surface area contributed by atoms with Gasteiger partial charge >= 0.3 is 0 Å². The van der Waals surface area contributed by atoms with Gasteiger partial charge in [-0.3, -0.25) is 0 Å². The maximum Gasteiger partial charge on any atom is -0.0297 e. The highest BCUT2D eigenvalue weighted by Gasteiger charge is 1.97. The molecular weight excluding hydrogens is 108 g/mol. The maximum atomic E-state index is 2.30. The molecular formula is C9H18. The standard InChI is InChI=1S/C9H18/c1-5-8(3)7-9(4)6-2/h5,9H,6-7H2,1-4H3. The average molecular weight is 126 g/mol. The van der Waals surface area contributed by atoms with Crippen LogP contribution in [0.15, 0.2) is 11.6 Å². The van der Waals surface area contributed by atoms with Gasteiger partial charge in [0.2, 0.25) is 0 Å². The highest BCUT2D eigenvalue weighted by Crippen LogP contribution is 2.12. The molecule has 0 aromatic carbocycles. The van der Waals surface area contributed by atoms with Crippen LogP contribution in [0, 0.1) is 5.92 Å². The Kier molecular flexibility index (Phi) is 4.47. The number of hydrogen-bond acceptors (Lipinski definition) is 0. The van der Waals surface area contributed by atoms with E-state index < -0.39 is 0 Å². The van der Waals surface area contributed by atoms with E-state index in [-0.39, 0.29) is 0 Å². The minimum atomic E-state index is 0.862. The van der Waals surface area contributed by atoms with Crippen LogP contribution >= 0.6 is 0 Å². The molecule has 0 rings (SSSR count). The van der Waals surface area contributed by atoms with Crippen LogP contribution in [0.25, 0.3) is 0 Å². The molecule has 9 heavy (non-hydrogen) atoms. The summed E-state index contributed by atoms with van der Waals surface area (Å²) in [5.74, 6) is 0.862. The van der Waals surface area contributed by atoms with Crippen LogP contribution in [0.5, 0.6) is 0 Å². The molecule has 0 nitrogen and oxygen atoms in total. The SMILES string of the molecule is CC=C(C)CC(C)CC. The van der Waals surface area contributed by atoms with Crippen LogP contribution in [-0.2, 0) is 0 Å². The number of rotatable bonds is 3. The molecule has 0 aromatic rings. The Morgan fingerprint density at radius 3 is 2.44 bits per heavy atom. The van der Waals surface area contributed by atoms with Gasteiger partial charge in [-0.05, 0) is 26.2 Å². The zero-order chi connectivity index (χ0) is 7.28. The molecule has 54 valence electrons. The first-order chi connectivity index (χ1) is 4.20. The van der Waals surface area contributed by atoms with Crippen molar-refractivity contribution >= 4 is 0 Å². The van der Waals surface area contributed by atoms with Gasteiger partial charge in [0.1, 0.15) is 0 Å². The summed E-state index contributed by atoms with van der Waals surface area (Å²) in [7, 11) is 0. The molecule has 0 radical (unpaired) electrons. The molecule has 0 aliphatic heterocycles. The van der Waals surface area contributed by atoms with Crippen molar-refractivity contribution in [2.75, 3.05) is 0 Å². The van der Waals surface area contributed by atoms with Gasteiger partial charge in [-0.2, -0.15) is 0 Å². The molecule has 0 saturated carbocycles. The van der Waals surface area contributed by atoms with Gasteiger partial charge in [0.15, 0.2) is 0 Å². The lowest BCUT2D eigenvalue weighted by atomic mass is 10.00. The van der Waals surface area contributed by atoms with E-state index in [0.29, 0.717) is 0 Å². The van der Waals surface area contributed by atoms with Crippen molar-refractivity contribution in [3.05, 3.63) is 11.6 Å². The topological polar surface area (TPSA) is 0 Å². The second-order valence-electron chi connectivity index (χ2n) is 2.85. The van der Waals surface area contributed by atoms with E-state index in [4.69, 9.17) is 0 Å². The summed E-state index contributed by atoms with van der Waals surface area (Å²) < 4.78 is 0. The molecule has 0 spiro atoms. The largest absolute Gasteiger partial charge is 0.0887 e. The second-order valence-corrected chi connectivity index (χ2v) is 2.85. The van der Waals surface area contributed by atoms with Gasteiger partial charge in [-0.1, -0.05) is 31.9 Å². The van der Waals surface area contributed by atoms with Gasteiger partial charge in [0.25, 0.3) is 0 Å².